The van der Waals surface area contributed by atoms with Crippen LogP contribution in [0.2, 0.25) is 0 Å². The zero-order chi connectivity index (χ0) is 19.2. The average molecular weight is 381 g/mol. The molecule has 26 heavy (non-hydrogen) atoms. The lowest BCUT2D eigenvalue weighted by Gasteiger charge is -2.34. The zero-order valence-corrected chi connectivity index (χ0v) is 17.3. The number of aryl methyl sites for hydroxylation is 4. The van der Waals surface area contributed by atoms with E-state index in [0.717, 1.165) is 12.2 Å². The lowest BCUT2D eigenvalue weighted by molar-refractivity contribution is 0.181. The van der Waals surface area contributed by atoms with E-state index >= 15 is 0 Å². The summed E-state index contributed by atoms with van der Waals surface area (Å²) in [5.74, 6) is 0. The monoisotopic (exact) mass is 380 g/mol. The molecule has 0 radical (unpaired) electrons. The maximum Gasteiger partial charge on any atom is 0.246 e. The fraction of sp³-hybridized carbons (Fsp3) is 0.647. The second kappa shape index (κ2) is 6.79. The molecule has 0 bridgehead atoms. The highest BCUT2D eigenvalue weighted by Crippen LogP contribution is 2.24. The third kappa shape index (κ3) is 3.19. The molecular formula is C17H28N6O2S. The van der Waals surface area contributed by atoms with Crippen molar-refractivity contribution in [3.63, 3.8) is 0 Å². The van der Waals surface area contributed by atoms with Gasteiger partial charge in [-0.3, -0.25) is 14.3 Å². The molecule has 0 aliphatic carbocycles. The molecule has 0 aromatic carbocycles. The van der Waals surface area contributed by atoms with Crippen LogP contribution < -0.4 is 0 Å². The van der Waals surface area contributed by atoms with Gasteiger partial charge in [-0.15, -0.1) is 0 Å². The Morgan fingerprint density at radius 2 is 1.38 bits per heavy atom. The van der Waals surface area contributed by atoms with Gasteiger partial charge < -0.3 is 0 Å². The number of aromatic nitrogens is 4. The van der Waals surface area contributed by atoms with Crippen LogP contribution in [0.1, 0.15) is 28.3 Å². The van der Waals surface area contributed by atoms with Crippen molar-refractivity contribution in [3.05, 3.63) is 28.3 Å². The van der Waals surface area contributed by atoms with E-state index in [-0.39, 0.29) is 0 Å². The molecule has 1 aliphatic rings. The Bertz CT molecular complexity index is 920. The van der Waals surface area contributed by atoms with Gasteiger partial charge in [-0.05, 0) is 27.7 Å². The highest BCUT2D eigenvalue weighted by molar-refractivity contribution is 7.89. The van der Waals surface area contributed by atoms with Crippen LogP contribution in [0.5, 0.6) is 0 Å². The number of rotatable bonds is 4. The Labute approximate surface area is 155 Å². The lowest BCUT2D eigenvalue weighted by Crippen LogP contribution is -2.48. The van der Waals surface area contributed by atoms with Crippen molar-refractivity contribution in [2.75, 3.05) is 26.2 Å². The van der Waals surface area contributed by atoms with Crippen LogP contribution >= 0.6 is 0 Å². The van der Waals surface area contributed by atoms with Crippen LogP contribution in [0.25, 0.3) is 0 Å². The smallest absolute Gasteiger partial charge is 0.246 e. The fourth-order valence-electron chi connectivity index (χ4n) is 3.65. The predicted octanol–water partition coefficient (Wildman–Crippen LogP) is 0.894. The van der Waals surface area contributed by atoms with E-state index in [1.807, 2.05) is 18.7 Å². The van der Waals surface area contributed by atoms with Gasteiger partial charge in [-0.25, -0.2) is 8.42 Å². The summed E-state index contributed by atoms with van der Waals surface area (Å²) in [6.45, 7) is 10.9. The van der Waals surface area contributed by atoms with Crippen LogP contribution in [0.4, 0.5) is 0 Å². The lowest BCUT2D eigenvalue weighted by atomic mass is 10.1. The summed E-state index contributed by atoms with van der Waals surface area (Å²) in [6.07, 6.45) is 0. The summed E-state index contributed by atoms with van der Waals surface area (Å²) in [4.78, 5) is 2.65. The molecule has 3 rings (SSSR count). The van der Waals surface area contributed by atoms with Crippen molar-refractivity contribution in [2.24, 2.45) is 14.1 Å². The molecule has 2 aromatic heterocycles. The summed E-state index contributed by atoms with van der Waals surface area (Å²) in [5, 5.41) is 8.72. The highest BCUT2D eigenvalue weighted by Gasteiger charge is 2.33. The SMILES string of the molecule is Cc1nn(C)c(C)c1CN1CCN(S(=O)(=O)c2c(C)nn(C)c2C)CC1. The van der Waals surface area contributed by atoms with E-state index < -0.39 is 10.0 Å². The van der Waals surface area contributed by atoms with Gasteiger partial charge in [-0.2, -0.15) is 14.5 Å². The summed E-state index contributed by atoms with van der Waals surface area (Å²) in [6, 6.07) is 0. The number of piperazine rings is 1. The Balaban J connectivity index is 1.72. The summed E-state index contributed by atoms with van der Waals surface area (Å²) in [7, 11) is 0.225. The number of hydrogen-bond donors (Lipinski definition) is 0. The van der Waals surface area contributed by atoms with Crippen molar-refractivity contribution in [2.45, 2.75) is 39.1 Å². The molecule has 1 aliphatic heterocycles. The number of hydrogen-bond acceptors (Lipinski definition) is 5. The van der Waals surface area contributed by atoms with Gasteiger partial charge in [0.1, 0.15) is 4.90 Å². The van der Waals surface area contributed by atoms with E-state index in [0.29, 0.717) is 42.5 Å². The van der Waals surface area contributed by atoms with Crippen molar-refractivity contribution in [1.82, 2.24) is 28.8 Å². The van der Waals surface area contributed by atoms with Gasteiger partial charge in [0.25, 0.3) is 0 Å². The third-order valence-electron chi connectivity index (χ3n) is 5.41. The molecule has 1 fully saturated rings. The molecular weight excluding hydrogens is 352 g/mol. The van der Waals surface area contributed by atoms with E-state index in [2.05, 4.69) is 22.0 Å². The van der Waals surface area contributed by atoms with Crippen LogP contribution in [-0.4, -0.2) is 63.4 Å². The Kier molecular flexibility index (Phi) is 4.98. The van der Waals surface area contributed by atoms with Crippen molar-refractivity contribution in [1.29, 1.82) is 0 Å². The molecule has 144 valence electrons. The Morgan fingerprint density at radius 3 is 1.85 bits per heavy atom. The van der Waals surface area contributed by atoms with Gasteiger partial charge in [-0.1, -0.05) is 0 Å². The first kappa shape index (κ1) is 19.1. The summed E-state index contributed by atoms with van der Waals surface area (Å²) < 4.78 is 31.2. The van der Waals surface area contributed by atoms with Gasteiger partial charge >= 0.3 is 0 Å². The third-order valence-corrected chi connectivity index (χ3v) is 7.56. The molecule has 8 nitrogen and oxygen atoms in total. The zero-order valence-electron chi connectivity index (χ0n) is 16.4. The van der Waals surface area contributed by atoms with E-state index in [9.17, 15) is 8.42 Å². The minimum Gasteiger partial charge on any atom is -0.296 e. The first-order valence-corrected chi connectivity index (χ1v) is 10.3. The number of nitrogens with zero attached hydrogens (tertiary/aromatic N) is 6. The van der Waals surface area contributed by atoms with Crippen molar-refractivity contribution in [3.8, 4) is 0 Å². The van der Waals surface area contributed by atoms with Crippen molar-refractivity contribution >= 4 is 10.0 Å². The largest absolute Gasteiger partial charge is 0.296 e. The van der Waals surface area contributed by atoms with E-state index in [1.54, 1.807) is 29.9 Å². The molecule has 0 atom stereocenters. The summed E-state index contributed by atoms with van der Waals surface area (Å²) >= 11 is 0. The van der Waals surface area contributed by atoms with Gasteiger partial charge in [0, 0.05) is 58.1 Å². The minimum absolute atomic E-state index is 0.354. The van der Waals surface area contributed by atoms with Gasteiger partial charge in [0.15, 0.2) is 0 Å². The Hall–Kier alpha value is -1.71. The molecule has 2 aromatic rings. The molecule has 0 N–H and O–H groups in total. The maximum atomic E-state index is 13.1. The molecule has 3 heterocycles. The molecule has 0 saturated carbocycles. The van der Waals surface area contributed by atoms with E-state index in [1.165, 1.54) is 11.3 Å². The van der Waals surface area contributed by atoms with Crippen molar-refractivity contribution < 1.29 is 8.42 Å². The second-order valence-corrected chi connectivity index (χ2v) is 8.95. The highest BCUT2D eigenvalue weighted by atomic mass is 32.2. The molecule has 9 heteroatoms. The van der Waals surface area contributed by atoms with Gasteiger partial charge in [0.05, 0.1) is 17.1 Å². The second-order valence-electron chi connectivity index (χ2n) is 7.08. The fourth-order valence-corrected chi connectivity index (χ4v) is 5.48. The van der Waals surface area contributed by atoms with Crippen LogP contribution in [-0.2, 0) is 30.7 Å². The Morgan fingerprint density at radius 1 is 0.846 bits per heavy atom. The average Bonchev–Trinajstić information content (AvgIpc) is 2.97. The van der Waals surface area contributed by atoms with Crippen LogP contribution in [0, 0.1) is 27.7 Å². The number of sulfonamides is 1. The standard InChI is InChI=1S/C17H28N6O2S/c1-12-16(14(3)20(5)18-12)11-22-7-9-23(10-8-22)26(24,25)17-13(2)19-21(6)15(17)4/h7-11H2,1-6H3. The molecule has 1 saturated heterocycles. The van der Waals surface area contributed by atoms with Crippen LogP contribution in [0.3, 0.4) is 0 Å². The first-order chi connectivity index (χ1) is 12.1. The molecule has 0 spiro atoms. The molecule has 0 amide bonds. The first-order valence-electron chi connectivity index (χ1n) is 8.84. The topological polar surface area (TPSA) is 76.3 Å². The summed E-state index contributed by atoms with van der Waals surface area (Å²) in [5.41, 5.74) is 4.70. The van der Waals surface area contributed by atoms with E-state index in [4.69, 9.17) is 0 Å². The predicted molar refractivity (Wildman–Crippen MR) is 99.4 cm³/mol. The maximum absolute atomic E-state index is 13.1. The molecule has 0 unspecified atom stereocenters. The quantitative estimate of drug-likeness (QED) is 0.787. The van der Waals surface area contributed by atoms with Crippen LogP contribution in [0.15, 0.2) is 4.90 Å². The van der Waals surface area contributed by atoms with Gasteiger partial charge in [0.2, 0.25) is 10.0 Å². The minimum atomic E-state index is -3.50. The normalized spacial score (nSPS) is 17.2.